The molecule has 1 heterocycles. The van der Waals surface area contributed by atoms with Gasteiger partial charge in [-0.3, -0.25) is 23.5 Å². The van der Waals surface area contributed by atoms with E-state index in [1.165, 1.54) is 17.0 Å². The van der Waals surface area contributed by atoms with Crippen molar-refractivity contribution in [2.75, 3.05) is 0 Å². The van der Waals surface area contributed by atoms with Crippen LogP contribution in [-0.2, 0) is 11.3 Å². The van der Waals surface area contributed by atoms with Crippen molar-refractivity contribution in [1.82, 2.24) is 9.13 Å². The molecule has 0 bridgehead atoms. The SMILES string of the molecule is NC(=O)Cn1ccn(-c2ccccc2)c(=O)c1=O. The number of hydrogen-bond donors (Lipinski definition) is 1. The third-order valence-electron chi connectivity index (χ3n) is 2.42. The first-order chi connectivity index (χ1) is 8.59. The van der Waals surface area contributed by atoms with Crippen LogP contribution in [0.5, 0.6) is 0 Å². The number of amides is 1. The molecule has 0 fully saturated rings. The van der Waals surface area contributed by atoms with Gasteiger partial charge in [0, 0.05) is 18.1 Å². The van der Waals surface area contributed by atoms with Gasteiger partial charge >= 0.3 is 11.1 Å². The minimum absolute atomic E-state index is 0.302. The van der Waals surface area contributed by atoms with E-state index in [2.05, 4.69) is 0 Å². The predicted octanol–water partition coefficient (Wildman–Crippen LogP) is -0.516. The molecule has 0 atom stereocenters. The Bertz CT molecular complexity index is 686. The molecule has 18 heavy (non-hydrogen) atoms. The van der Waals surface area contributed by atoms with Crippen molar-refractivity contribution in [3.05, 3.63) is 63.4 Å². The lowest BCUT2D eigenvalue weighted by molar-refractivity contribution is -0.118. The van der Waals surface area contributed by atoms with Crippen LogP contribution in [0, 0.1) is 0 Å². The fourth-order valence-corrected chi connectivity index (χ4v) is 1.59. The van der Waals surface area contributed by atoms with Crippen LogP contribution in [0.25, 0.3) is 5.69 Å². The third kappa shape index (κ3) is 2.22. The molecule has 92 valence electrons. The van der Waals surface area contributed by atoms with Crippen LogP contribution < -0.4 is 16.9 Å². The van der Waals surface area contributed by atoms with E-state index in [0.29, 0.717) is 5.69 Å². The molecule has 0 radical (unpaired) electrons. The molecular weight excluding hydrogens is 234 g/mol. The molecule has 0 spiro atoms. The maximum Gasteiger partial charge on any atom is 0.320 e. The molecule has 6 heteroatoms. The van der Waals surface area contributed by atoms with Crippen molar-refractivity contribution < 1.29 is 4.79 Å². The minimum atomic E-state index is -0.778. The van der Waals surface area contributed by atoms with Crippen LogP contribution in [0.3, 0.4) is 0 Å². The fourth-order valence-electron chi connectivity index (χ4n) is 1.59. The summed E-state index contributed by atoms with van der Waals surface area (Å²) in [4.78, 5) is 34.3. The number of carbonyl (C=O) groups excluding carboxylic acids is 1. The highest BCUT2D eigenvalue weighted by molar-refractivity contribution is 5.73. The van der Waals surface area contributed by atoms with Gasteiger partial charge in [-0.15, -0.1) is 0 Å². The lowest BCUT2D eigenvalue weighted by Crippen LogP contribution is -2.41. The third-order valence-corrected chi connectivity index (χ3v) is 2.42. The standard InChI is InChI=1S/C12H11N3O3/c13-10(16)8-14-6-7-15(12(18)11(14)17)9-4-2-1-3-5-9/h1-7H,8H2,(H2,13,16). The van der Waals surface area contributed by atoms with Gasteiger partial charge in [0.2, 0.25) is 5.91 Å². The average molecular weight is 245 g/mol. The molecule has 0 saturated carbocycles. The lowest BCUT2D eigenvalue weighted by atomic mass is 10.3. The van der Waals surface area contributed by atoms with E-state index >= 15 is 0 Å². The Morgan fingerprint density at radius 2 is 1.72 bits per heavy atom. The van der Waals surface area contributed by atoms with Crippen molar-refractivity contribution in [2.45, 2.75) is 6.54 Å². The molecule has 1 amide bonds. The van der Waals surface area contributed by atoms with E-state index in [-0.39, 0.29) is 6.54 Å². The summed E-state index contributed by atoms with van der Waals surface area (Å²) in [6, 6.07) is 8.74. The van der Waals surface area contributed by atoms with Crippen molar-refractivity contribution in [3.8, 4) is 5.69 Å². The first-order valence-electron chi connectivity index (χ1n) is 5.25. The Hall–Kier alpha value is -2.63. The maximum absolute atomic E-state index is 11.8. The van der Waals surface area contributed by atoms with E-state index in [0.717, 1.165) is 4.57 Å². The molecule has 1 aromatic carbocycles. The molecule has 0 aliphatic heterocycles. The summed E-state index contributed by atoms with van der Waals surface area (Å²) in [5.41, 5.74) is 4.08. The van der Waals surface area contributed by atoms with Gasteiger partial charge < -0.3 is 5.73 Å². The zero-order valence-corrected chi connectivity index (χ0v) is 9.45. The number of hydrogen-bond acceptors (Lipinski definition) is 3. The summed E-state index contributed by atoms with van der Waals surface area (Å²) in [5.74, 6) is -0.672. The summed E-state index contributed by atoms with van der Waals surface area (Å²) in [7, 11) is 0. The van der Waals surface area contributed by atoms with E-state index in [9.17, 15) is 14.4 Å². The van der Waals surface area contributed by atoms with Gasteiger partial charge in [0.15, 0.2) is 0 Å². The van der Waals surface area contributed by atoms with Crippen molar-refractivity contribution in [3.63, 3.8) is 0 Å². The number of rotatable bonds is 3. The first kappa shape index (κ1) is 11.8. The summed E-state index contributed by atoms with van der Waals surface area (Å²) < 4.78 is 2.21. The highest BCUT2D eigenvalue weighted by Gasteiger charge is 2.07. The van der Waals surface area contributed by atoms with Crippen LogP contribution >= 0.6 is 0 Å². The van der Waals surface area contributed by atoms with Gasteiger partial charge in [0.1, 0.15) is 6.54 Å². The van der Waals surface area contributed by atoms with Gasteiger partial charge in [0.25, 0.3) is 0 Å². The monoisotopic (exact) mass is 245 g/mol. The van der Waals surface area contributed by atoms with Crippen molar-refractivity contribution in [2.24, 2.45) is 5.73 Å². The number of carbonyl (C=O) groups is 1. The Kier molecular flexibility index (Phi) is 3.09. The highest BCUT2D eigenvalue weighted by Crippen LogP contribution is 2.01. The predicted molar refractivity (Wildman–Crippen MR) is 65.5 cm³/mol. The van der Waals surface area contributed by atoms with Gasteiger partial charge in [0.05, 0.1) is 0 Å². The Morgan fingerprint density at radius 3 is 2.33 bits per heavy atom. The zero-order chi connectivity index (χ0) is 13.1. The zero-order valence-electron chi connectivity index (χ0n) is 9.45. The Balaban J connectivity index is 2.55. The molecule has 6 nitrogen and oxygen atoms in total. The second-order valence-corrected chi connectivity index (χ2v) is 3.71. The van der Waals surface area contributed by atoms with E-state index in [1.54, 1.807) is 24.3 Å². The first-order valence-corrected chi connectivity index (χ1v) is 5.25. The van der Waals surface area contributed by atoms with Gasteiger partial charge in [-0.25, -0.2) is 0 Å². The molecular formula is C12H11N3O3. The van der Waals surface area contributed by atoms with Crippen LogP contribution in [0.1, 0.15) is 0 Å². The fraction of sp³-hybridized carbons (Fsp3) is 0.0833. The summed E-state index contributed by atoms with van der Waals surface area (Å²) >= 11 is 0. The van der Waals surface area contributed by atoms with Crippen LogP contribution in [0.2, 0.25) is 0 Å². The summed E-state index contributed by atoms with van der Waals surface area (Å²) in [6.07, 6.45) is 2.80. The maximum atomic E-state index is 11.8. The number of para-hydroxylation sites is 1. The summed E-state index contributed by atoms with van der Waals surface area (Å²) in [5, 5.41) is 0. The Morgan fingerprint density at radius 1 is 1.06 bits per heavy atom. The molecule has 1 aromatic heterocycles. The number of nitrogens with zero attached hydrogens (tertiary/aromatic N) is 2. The van der Waals surface area contributed by atoms with Crippen LogP contribution in [-0.4, -0.2) is 15.0 Å². The lowest BCUT2D eigenvalue weighted by Gasteiger charge is -2.07. The molecule has 2 rings (SSSR count). The van der Waals surface area contributed by atoms with E-state index in [4.69, 9.17) is 5.73 Å². The second-order valence-electron chi connectivity index (χ2n) is 3.71. The van der Waals surface area contributed by atoms with Gasteiger partial charge in [-0.2, -0.15) is 0 Å². The quantitative estimate of drug-likeness (QED) is 0.738. The smallest absolute Gasteiger partial charge is 0.320 e. The number of benzene rings is 1. The number of nitrogens with two attached hydrogens (primary N) is 1. The van der Waals surface area contributed by atoms with Gasteiger partial charge in [-0.1, -0.05) is 18.2 Å². The normalized spacial score (nSPS) is 10.2. The topological polar surface area (TPSA) is 87.1 Å². The van der Waals surface area contributed by atoms with Crippen LogP contribution in [0.4, 0.5) is 0 Å². The minimum Gasteiger partial charge on any atom is -0.368 e. The number of primary amides is 1. The number of aromatic nitrogens is 2. The van der Waals surface area contributed by atoms with Crippen molar-refractivity contribution >= 4 is 5.91 Å². The molecule has 2 N–H and O–H groups in total. The van der Waals surface area contributed by atoms with E-state index < -0.39 is 17.0 Å². The second kappa shape index (κ2) is 4.70. The highest BCUT2D eigenvalue weighted by atomic mass is 16.2. The Labute approximate surface area is 102 Å². The van der Waals surface area contributed by atoms with Gasteiger partial charge in [-0.05, 0) is 12.1 Å². The summed E-state index contributed by atoms with van der Waals surface area (Å²) in [6.45, 7) is -0.302. The molecule has 0 unspecified atom stereocenters. The van der Waals surface area contributed by atoms with Crippen LogP contribution in [0.15, 0.2) is 52.3 Å². The van der Waals surface area contributed by atoms with Crippen molar-refractivity contribution in [1.29, 1.82) is 0 Å². The molecule has 0 aliphatic rings. The average Bonchev–Trinajstić information content (AvgIpc) is 2.36. The molecule has 0 aliphatic carbocycles. The molecule has 2 aromatic rings. The molecule has 0 saturated heterocycles. The van der Waals surface area contributed by atoms with E-state index in [1.807, 2.05) is 6.07 Å². The largest absolute Gasteiger partial charge is 0.368 e.